The van der Waals surface area contributed by atoms with Crippen LogP contribution in [0.25, 0.3) is 6.08 Å². The number of ether oxygens (including phenoxy) is 3. The minimum Gasteiger partial charge on any atom is -0.496 e. The maximum absolute atomic E-state index is 12.6. The van der Waals surface area contributed by atoms with Gasteiger partial charge in [-0.1, -0.05) is 0 Å². The van der Waals surface area contributed by atoms with Crippen LogP contribution in [-0.2, 0) is 14.4 Å². The van der Waals surface area contributed by atoms with Gasteiger partial charge in [0.15, 0.2) is 11.5 Å². The number of hydrogen-bond acceptors (Lipinski definition) is 6. The predicted octanol–water partition coefficient (Wildman–Crippen LogP) is 1.26. The Morgan fingerprint density at radius 1 is 1.15 bits per heavy atom. The zero-order valence-electron chi connectivity index (χ0n) is 15.6. The normalized spacial score (nSPS) is 18.6. The molecule has 0 bridgehead atoms. The van der Waals surface area contributed by atoms with Crippen LogP contribution in [0.1, 0.15) is 25.0 Å². The van der Waals surface area contributed by atoms with Gasteiger partial charge in [0.2, 0.25) is 11.8 Å². The number of carbonyl (C=O) groups excluding carboxylic acids is 3. The second-order valence-corrected chi connectivity index (χ2v) is 5.78. The minimum atomic E-state index is -0.869. The molecule has 1 N–H and O–H groups in total. The number of carbonyl (C=O) groups is 3. The van der Waals surface area contributed by atoms with Crippen LogP contribution in [0.15, 0.2) is 11.8 Å². The molecule has 1 aromatic rings. The Kier molecular flexibility index (Phi) is 5.54. The molecule has 1 heterocycles. The first-order valence-electron chi connectivity index (χ1n) is 7.93. The summed E-state index contributed by atoms with van der Waals surface area (Å²) in [5, 5.41) is 2.54. The van der Waals surface area contributed by atoms with Crippen LogP contribution >= 0.6 is 0 Å². The minimum absolute atomic E-state index is 0.0202. The Morgan fingerprint density at radius 2 is 1.77 bits per heavy atom. The summed E-state index contributed by atoms with van der Waals surface area (Å²) in [4.78, 5) is 37.4. The molecule has 0 spiro atoms. The molecule has 1 fully saturated rings. The van der Waals surface area contributed by atoms with Crippen LogP contribution in [0.3, 0.4) is 0 Å². The van der Waals surface area contributed by atoms with Crippen molar-refractivity contribution in [1.82, 2.24) is 10.2 Å². The van der Waals surface area contributed by atoms with Gasteiger partial charge in [0, 0.05) is 18.1 Å². The lowest BCUT2D eigenvalue weighted by atomic mass is 10.0. The van der Waals surface area contributed by atoms with Crippen molar-refractivity contribution in [1.29, 1.82) is 0 Å². The molecule has 0 aromatic heterocycles. The lowest BCUT2D eigenvalue weighted by Gasteiger charge is -2.31. The first-order valence-corrected chi connectivity index (χ1v) is 7.93. The summed E-state index contributed by atoms with van der Waals surface area (Å²) < 4.78 is 16.1. The Labute approximate surface area is 151 Å². The van der Waals surface area contributed by atoms with Crippen LogP contribution in [-0.4, -0.2) is 50.0 Å². The van der Waals surface area contributed by atoms with Crippen molar-refractivity contribution in [2.45, 2.75) is 26.8 Å². The monoisotopic (exact) mass is 362 g/mol. The van der Waals surface area contributed by atoms with Gasteiger partial charge in [0.25, 0.3) is 5.91 Å². The Balaban J connectivity index is 2.61. The number of nitrogens with zero attached hydrogens (tertiary/aromatic N) is 1. The molecule has 0 radical (unpaired) electrons. The van der Waals surface area contributed by atoms with Gasteiger partial charge >= 0.3 is 0 Å². The lowest BCUT2D eigenvalue weighted by Crippen LogP contribution is -2.57. The molecule has 1 saturated heterocycles. The standard InChI is InChI=1S/C18H22N2O6/c1-9-15(25-5)12(8-14(24-4)16(9)26-6)7-13-18(23)20(11(3)21)10(2)17(22)19-13/h7-8,10H,1-6H3,(H,19,22)/b13-7-/t10-/m0/s1. The fraction of sp³-hybridized carbons (Fsp3) is 0.389. The van der Waals surface area contributed by atoms with Gasteiger partial charge in [-0.2, -0.15) is 0 Å². The largest absolute Gasteiger partial charge is 0.496 e. The number of imide groups is 1. The maximum atomic E-state index is 12.6. The molecule has 1 aliphatic rings. The molecule has 8 heteroatoms. The first kappa shape index (κ1) is 19.3. The van der Waals surface area contributed by atoms with E-state index >= 15 is 0 Å². The van der Waals surface area contributed by atoms with Gasteiger partial charge in [-0.3, -0.25) is 19.3 Å². The smallest absolute Gasteiger partial charge is 0.277 e. The second-order valence-electron chi connectivity index (χ2n) is 5.78. The summed E-state index contributed by atoms with van der Waals surface area (Å²) in [5.41, 5.74) is 1.16. The highest BCUT2D eigenvalue weighted by molar-refractivity contribution is 6.13. The van der Waals surface area contributed by atoms with Crippen molar-refractivity contribution in [2.75, 3.05) is 21.3 Å². The second kappa shape index (κ2) is 7.47. The summed E-state index contributed by atoms with van der Waals surface area (Å²) >= 11 is 0. The van der Waals surface area contributed by atoms with Gasteiger partial charge in [0.05, 0.1) is 21.3 Å². The van der Waals surface area contributed by atoms with E-state index in [0.717, 1.165) is 4.90 Å². The Bertz CT molecular complexity index is 799. The van der Waals surface area contributed by atoms with Gasteiger partial charge in [-0.15, -0.1) is 0 Å². The molecule has 1 atom stereocenters. The van der Waals surface area contributed by atoms with Crippen molar-refractivity contribution in [3.63, 3.8) is 0 Å². The molecule has 2 rings (SSSR count). The summed E-state index contributed by atoms with van der Waals surface area (Å²) in [5.74, 6) is -0.112. The molecule has 1 aliphatic heterocycles. The molecule has 3 amide bonds. The predicted molar refractivity (Wildman–Crippen MR) is 93.9 cm³/mol. The Hall–Kier alpha value is -3.03. The first-order chi connectivity index (χ1) is 12.3. The average molecular weight is 362 g/mol. The fourth-order valence-electron chi connectivity index (χ4n) is 2.94. The molecular formula is C18H22N2O6. The van der Waals surface area contributed by atoms with Crippen LogP contribution in [0.4, 0.5) is 0 Å². The van der Waals surface area contributed by atoms with Gasteiger partial charge in [-0.25, -0.2) is 0 Å². The zero-order valence-corrected chi connectivity index (χ0v) is 15.6. The summed E-state index contributed by atoms with van der Waals surface area (Å²) in [6.45, 7) is 4.52. The SMILES string of the molecule is COc1cc(/C=C2\NC(=O)[C@H](C)N(C(C)=O)C2=O)c(OC)c(C)c1OC. The number of methoxy groups -OCH3 is 3. The van der Waals surface area contributed by atoms with Crippen molar-refractivity contribution in [2.24, 2.45) is 0 Å². The third-order valence-corrected chi connectivity index (χ3v) is 4.19. The van der Waals surface area contributed by atoms with E-state index < -0.39 is 23.8 Å². The van der Waals surface area contributed by atoms with E-state index in [2.05, 4.69) is 5.32 Å². The topological polar surface area (TPSA) is 94.2 Å². The van der Waals surface area contributed by atoms with E-state index in [1.54, 1.807) is 13.0 Å². The van der Waals surface area contributed by atoms with E-state index in [0.29, 0.717) is 28.4 Å². The van der Waals surface area contributed by atoms with Crippen molar-refractivity contribution in [3.05, 3.63) is 22.9 Å². The van der Waals surface area contributed by atoms with E-state index in [4.69, 9.17) is 14.2 Å². The van der Waals surface area contributed by atoms with Crippen molar-refractivity contribution >= 4 is 23.8 Å². The number of hydrogen-bond donors (Lipinski definition) is 1. The molecular weight excluding hydrogens is 340 g/mol. The van der Waals surface area contributed by atoms with Crippen LogP contribution < -0.4 is 19.5 Å². The van der Waals surface area contributed by atoms with Crippen molar-refractivity contribution in [3.8, 4) is 17.2 Å². The highest BCUT2D eigenvalue weighted by Gasteiger charge is 2.37. The molecule has 0 unspecified atom stereocenters. The van der Waals surface area contributed by atoms with E-state index in [-0.39, 0.29) is 5.70 Å². The molecule has 1 aromatic carbocycles. The number of amides is 3. The molecule has 0 saturated carbocycles. The maximum Gasteiger partial charge on any atom is 0.277 e. The Morgan fingerprint density at radius 3 is 2.27 bits per heavy atom. The molecule has 0 aliphatic carbocycles. The summed E-state index contributed by atoms with van der Waals surface area (Å²) in [6, 6.07) is 0.763. The zero-order chi connectivity index (χ0) is 19.6. The number of piperazine rings is 1. The third kappa shape index (κ3) is 3.22. The lowest BCUT2D eigenvalue weighted by molar-refractivity contribution is -0.151. The van der Waals surface area contributed by atoms with Crippen LogP contribution in [0, 0.1) is 6.92 Å². The fourth-order valence-corrected chi connectivity index (χ4v) is 2.94. The van der Waals surface area contributed by atoms with Gasteiger partial charge in [-0.05, 0) is 26.0 Å². The van der Waals surface area contributed by atoms with Gasteiger partial charge in [0.1, 0.15) is 17.5 Å². The summed E-state index contributed by atoms with van der Waals surface area (Å²) in [7, 11) is 4.49. The molecule has 8 nitrogen and oxygen atoms in total. The molecule has 26 heavy (non-hydrogen) atoms. The van der Waals surface area contributed by atoms with E-state index in [1.165, 1.54) is 41.3 Å². The number of benzene rings is 1. The highest BCUT2D eigenvalue weighted by Crippen LogP contribution is 2.40. The van der Waals surface area contributed by atoms with E-state index in [1.807, 2.05) is 0 Å². The summed E-state index contributed by atoms with van der Waals surface area (Å²) in [6.07, 6.45) is 1.45. The number of nitrogens with one attached hydrogen (secondary N) is 1. The third-order valence-electron chi connectivity index (χ3n) is 4.19. The quantitative estimate of drug-likeness (QED) is 0.811. The highest BCUT2D eigenvalue weighted by atomic mass is 16.5. The number of rotatable bonds is 4. The van der Waals surface area contributed by atoms with E-state index in [9.17, 15) is 14.4 Å². The van der Waals surface area contributed by atoms with Crippen LogP contribution in [0.5, 0.6) is 17.2 Å². The van der Waals surface area contributed by atoms with Crippen LogP contribution in [0.2, 0.25) is 0 Å². The van der Waals surface area contributed by atoms with Crippen molar-refractivity contribution < 1.29 is 28.6 Å². The van der Waals surface area contributed by atoms with Gasteiger partial charge < -0.3 is 19.5 Å². The molecule has 140 valence electrons. The average Bonchev–Trinajstić information content (AvgIpc) is 2.59.